The van der Waals surface area contributed by atoms with E-state index in [4.69, 9.17) is 5.73 Å². The molecule has 6 nitrogen and oxygen atoms in total. The van der Waals surface area contributed by atoms with E-state index < -0.39 is 21.5 Å². The van der Waals surface area contributed by atoms with Gasteiger partial charge in [0, 0.05) is 0 Å². The average Bonchev–Trinajstić information content (AvgIpc) is 1.78. The van der Waals surface area contributed by atoms with E-state index in [-0.39, 0.29) is 0 Å². The van der Waals surface area contributed by atoms with Crippen molar-refractivity contribution in [3.05, 3.63) is 0 Å². The van der Waals surface area contributed by atoms with Crippen LogP contribution in [0, 0.1) is 0 Å². The van der Waals surface area contributed by atoms with Crippen LogP contribution in [-0.4, -0.2) is 26.1 Å². The van der Waals surface area contributed by atoms with Gasteiger partial charge in [-0.25, -0.2) is 8.42 Å². The Balaban J connectivity index is 4.07. The van der Waals surface area contributed by atoms with Gasteiger partial charge in [-0.3, -0.25) is 10.2 Å². The fourth-order valence-corrected chi connectivity index (χ4v) is 0.578. The predicted molar refractivity (Wildman–Crippen MR) is 44.4 cm³/mol. The van der Waals surface area contributed by atoms with Gasteiger partial charge < -0.3 is 5.73 Å². The van der Waals surface area contributed by atoms with Crippen LogP contribution in [0.15, 0.2) is 0 Å². The number of carbonyl (C=O) groups excluding carboxylic acids is 1. The molecule has 0 atom stereocenters. The molecule has 0 unspecified atom stereocenters. The maximum absolute atomic E-state index is 10.9. The van der Waals surface area contributed by atoms with Gasteiger partial charge in [0.05, 0.1) is 11.8 Å². The van der Waals surface area contributed by atoms with E-state index >= 15 is 0 Å². The van der Waals surface area contributed by atoms with E-state index in [0.29, 0.717) is 0 Å². The molecule has 0 rings (SSSR count). The summed E-state index contributed by atoms with van der Waals surface area (Å²) in [7, 11) is -3.42. The third-order valence-corrected chi connectivity index (χ3v) is 1.41. The Morgan fingerprint density at radius 3 is 2.08 bits per heavy atom. The lowest BCUT2D eigenvalue weighted by molar-refractivity contribution is -0.125. The number of carbonyl (C=O) groups is 1. The minimum absolute atomic E-state index is 0.590. The molecule has 0 aromatic heterocycles. The number of hydrogen-bond acceptors (Lipinski definition) is 4. The molecule has 12 heavy (non-hydrogen) atoms. The fraction of sp³-hybridized carbons (Fsp3) is 0.800. The second-order valence-electron chi connectivity index (χ2n) is 3.05. The molecule has 1 amide bonds. The second kappa shape index (κ2) is 3.38. The minimum atomic E-state index is -3.42. The molecule has 0 aliphatic carbocycles. The molecule has 0 radical (unpaired) electrons. The number of amides is 1. The highest BCUT2D eigenvalue weighted by Crippen LogP contribution is 1.93. The molecule has 72 valence electrons. The summed E-state index contributed by atoms with van der Waals surface area (Å²) in [5, 5.41) is 0. The molecule has 0 heterocycles. The Labute approximate surface area is 71.5 Å². The number of nitrogens with one attached hydrogen (secondary N) is 2. The highest BCUT2D eigenvalue weighted by Gasteiger charge is 2.22. The number of hydrazine groups is 1. The zero-order valence-electron chi connectivity index (χ0n) is 7.21. The number of rotatable bonds is 3. The lowest BCUT2D eigenvalue weighted by Crippen LogP contribution is -2.54. The SMILES string of the molecule is CC(C)(N)C(=O)NNS(C)(=O)=O. The molecule has 0 fully saturated rings. The Hall–Kier alpha value is -0.660. The average molecular weight is 195 g/mol. The summed E-state index contributed by atoms with van der Waals surface area (Å²) in [5.74, 6) is -0.590. The van der Waals surface area contributed by atoms with Crippen LogP contribution in [0.2, 0.25) is 0 Å². The van der Waals surface area contributed by atoms with E-state index in [1.165, 1.54) is 13.8 Å². The number of sulfonamides is 1. The smallest absolute Gasteiger partial charge is 0.254 e. The predicted octanol–water partition coefficient (Wildman–Crippen LogP) is -1.70. The third kappa shape index (κ3) is 5.05. The maximum Gasteiger partial charge on any atom is 0.254 e. The van der Waals surface area contributed by atoms with E-state index in [9.17, 15) is 13.2 Å². The Morgan fingerprint density at radius 2 is 1.83 bits per heavy atom. The highest BCUT2D eigenvalue weighted by atomic mass is 32.2. The van der Waals surface area contributed by atoms with Crippen molar-refractivity contribution in [2.75, 3.05) is 6.26 Å². The van der Waals surface area contributed by atoms with Crippen LogP contribution >= 0.6 is 0 Å². The molecule has 0 saturated heterocycles. The standard InChI is InChI=1S/C5H13N3O3S/c1-5(2,6)4(9)7-8-12(3,10)11/h8H,6H2,1-3H3,(H,7,9). The number of hydrogen-bond donors (Lipinski definition) is 3. The summed E-state index contributed by atoms with van der Waals surface area (Å²) >= 11 is 0. The molecule has 0 aromatic carbocycles. The van der Waals surface area contributed by atoms with Gasteiger partial charge in [0.1, 0.15) is 0 Å². The summed E-state index contributed by atoms with van der Waals surface area (Å²) in [6.07, 6.45) is 0.927. The summed E-state index contributed by atoms with van der Waals surface area (Å²) in [5.41, 5.74) is 6.22. The van der Waals surface area contributed by atoms with Crippen molar-refractivity contribution in [3.8, 4) is 0 Å². The zero-order valence-corrected chi connectivity index (χ0v) is 8.03. The van der Waals surface area contributed by atoms with Gasteiger partial charge in [0.2, 0.25) is 10.0 Å². The normalized spacial score (nSPS) is 12.7. The van der Waals surface area contributed by atoms with Crippen molar-refractivity contribution in [1.29, 1.82) is 0 Å². The van der Waals surface area contributed by atoms with Gasteiger partial charge in [-0.15, -0.1) is 4.83 Å². The maximum atomic E-state index is 10.9. The molecule has 7 heteroatoms. The first-order chi connectivity index (χ1) is 5.13. The third-order valence-electron chi connectivity index (χ3n) is 0.935. The van der Waals surface area contributed by atoms with Crippen LogP contribution in [0.5, 0.6) is 0 Å². The highest BCUT2D eigenvalue weighted by molar-refractivity contribution is 7.88. The lowest BCUT2D eigenvalue weighted by atomic mass is 10.1. The van der Waals surface area contributed by atoms with Crippen molar-refractivity contribution in [2.24, 2.45) is 5.73 Å². The monoisotopic (exact) mass is 195 g/mol. The Bertz CT molecular complexity index is 264. The molecular weight excluding hydrogens is 182 g/mol. The fourth-order valence-electron chi connectivity index (χ4n) is 0.300. The first-order valence-electron chi connectivity index (χ1n) is 3.19. The van der Waals surface area contributed by atoms with Crippen molar-refractivity contribution in [1.82, 2.24) is 10.3 Å². The Kier molecular flexibility index (Phi) is 3.19. The van der Waals surface area contributed by atoms with E-state index in [0.717, 1.165) is 6.26 Å². The van der Waals surface area contributed by atoms with Gasteiger partial charge in [-0.05, 0) is 13.8 Å². The van der Waals surface area contributed by atoms with Crippen LogP contribution in [0.25, 0.3) is 0 Å². The second-order valence-corrected chi connectivity index (χ2v) is 4.80. The molecule has 4 N–H and O–H groups in total. The summed E-state index contributed by atoms with van der Waals surface area (Å²) in [6, 6.07) is 0. The van der Waals surface area contributed by atoms with Crippen molar-refractivity contribution >= 4 is 15.9 Å². The summed E-state index contributed by atoms with van der Waals surface area (Å²) in [4.78, 5) is 12.8. The van der Waals surface area contributed by atoms with Crippen LogP contribution in [0.1, 0.15) is 13.8 Å². The minimum Gasteiger partial charge on any atom is -0.318 e. The quantitative estimate of drug-likeness (QED) is 0.467. The van der Waals surface area contributed by atoms with Gasteiger partial charge in [-0.2, -0.15) is 0 Å². The number of nitrogens with two attached hydrogens (primary N) is 1. The molecule has 0 aromatic rings. The molecular formula is C5H13N3O3S. The first kappa shape index (κ1) is 11.3. The van der Waals surface area contributed by atoms with Gasteiger partial charge in [-0.1, -0.05) is 0 Å². The van der Waals surface area contributed by atoms with Crippen molar-refractivity contribution < 1.29 is 13.2 Å². The molecule has 0 aliphatic rings. The summed E-state index contributed by atoms with van der Waals surface area (Å²) in [6.45, 7) is 2.93. The van der Waals surface area contributed by atoms with Gasteiger partial charge in [0.15, 0.2) is 0 Å². The molecule has 0 spiro atoms. The van der Waals surface area contributed by atoms with Crippen LogP contribution < -0.4 is 16.0 Å². The lowest BCUT2D eigenvalue weighted by Gasteiger charge is -2.17. The molecule has 0 saturated carbocycles. The molecule has 0 aliphatic heterocycles. The summed E-state index contributed by atoms with van der Waals surface area (Å²) < 4.78 is 21.0. The van der Waals surface area contributed by atoms with Crippen LogP contribution in [0.4, 0.5) is 0 Å². The van der Waals surface area contributed by atoms with Crippen molar-refractivity contribution in [2.45, 2.75) is 19.4 Å². The molecule has 0 bridgehead atoms. The van der Waals surface area contributed by atoms with Gasteiger partial charge in [0.25, 0.3) is 5.91 Å². The Morgan fingerprint density at radius 1 is 1.42 bits per heavy atom. The van der Waals surface area contributed by atoms with E-state index in [1.54, 1.807) is 0 Å². The van der Waals surface area contributed by atoms with E-state index in [1.807, 2.05) is 10.3 Å². The van der Waals surface area contributed by atoms with Gasteiger partial charge >= 0.3 is 0 Å². The van der Waals surface area contributed by atoms with Crippen molar-refractivity contribution in [3.63, 3.8) is 0 Å². The van der Waals surface area contributed by atoms with Crippen LogP contribution in [0.3, 0.4) is 0 Å². The zero-order chi connectivity index (χ0) is 9.99. The van der Waals surface area contributed by atoms with Crippen LogP contribution in [-0.2, 0) is 14.8 Å². The first-order valence-corrected chi connectivity index (χ1v) is 5.08. The largest absolute Gasteiger partial charge is 0.318 e. The topological polar surface area (TPSA) is 101 Å². The van der Waals surface area contributed by atoms with E-state index in [2.05, 4.69) is 0 Å².